The molecule has 4 aromatic rings. The average molecular weight is 496 g/mol. The summed E-state index contributed by atoms with van der Waals surface area (Å²) in [7, 11) is 1.53. The molecule has 0 fully saturated rings. The number of hydrogen-bond donors (Lipinski definition) is 1. The first kappa shape index (κ1) is 23.7. The van der Waals surface area contributed by atoms with Gasteiger partial charge in [-0.2, -0.15) is 0 Å². The van der Waals surface area contributed by atoms with E-state index in [1.807, 2.05) is 50.2 Å². The van der Waals surface area contributed by atoms with Crippen molar-refractivity contribution < 1.29 is 18.7 Å². The number of amides is 1. The zero-order chi connectivity index (χ0) is 24.2. The van der Waals surface area contributed by atoms with Crippen LogP contribution in [0.2, 0.25) is 10.0 Å². The van der Waals surface area contributed by atoms with Gasteiger partial charge in [-0.05, 0) is 61.4 Å². The van der Waals surface area contributed by atoms with Crippen LogP contribution in [0.4, 0.5) is 5.69 Å². The van der Waals surface area contributed by atoms with E-state index in [1.54, 1.807) is 24.5 Å². The van der Waals surface area contributed by atoms with Gasteiger partial charge in [-0.15, -0.1) is 0 Å². The van der Waals surface area contributed by atoms with Crippen molar-refractivity contribution in [1.29, 1.82) is 0 Å². The van der Waals surface area contributed by atoms with E-state index in [0.29, 0.717) is 39.4 Å². The van der Waals surface area contributed by atoms with Crippen LogP contribution in [0.1, 0.15) is 19.4 Å². The molecule has 0 spiro atoms. The van der Waals surface area contributed by atoms with Crippen LogP contribution in [0.3, 0.4) is 0 Å². The zero-order valence-corrected chi connectivity index (χ0v) is 20.5. The number of anilines is 1. The second-order valence-electron chi connectivity index (χ2n) is 7.60. The van der Waals surface area contributed by atoms with Gasteiger partial charge in [-0.1, -0.05) is 35.3 Å². The van der Waals surface area contributed by atoms with Crippen LogP contribution in [0, 0.1) is 0 Å². The van der Waals surface area contributed by atoms with Gasteiger partial charge < -0.3 is 19.2 Å². The number of hydrogen-bond acceptors (Lipinski definition) is 4. The summed E-state index contributed by atoms with van der Waals surface area (Å²) in [5, 5.41) is 4.90. The van der Waals surface area contributed by atoms with Crippen LogP contribution in [-0.2, 0) is 4.79 Å². The van der Waals surface area contributed by atoms with E-state index in [-0.39, 0.29) is 5.91 Å². The summed E-state index contributed by atoms with van der Waals surface area (Å²) in [6.45, 7) is 4.25. The third kappa shape index (κ3) is 5.06. The van der Waals surface area contributed by atoms with Crippen LogP contribution in [0.25, 0.3) is 27.7 Å². The second-order valence-corrected chi connectivity index (χ2v) is 8.47. The number of carbonyl (C=O) groups excluding carboxylic acids is 1. The maximum atomic E-state index is 12.8. The SMILES string of the molecule is CCOc1cc2occ(-c3ccc(Cl)cc3)c2cc1/C(C)=C/C(=O)Nc1cc(Cl)ccc1OC. The number of allylic oxidation sites excluding steroid dienone is 1. The van der Waals surface area contributed by atoms with Crippen LogP contribution in [0.5, 0.6) is 11.5 Å². The van der Waals surface area contributed by atoms with E-state index in [4.69, 9.17) is 37.1 Å². The number of rotatable bonds is 7. The first-order valence-corrected chi connectivity index (χ1v) is 11.4. The van der Waals surface area contributed by atoms with Gasteiger partial charge in [0, 0.05) is 38.7 Å². The lowest BCUT2D eigenvalue weighted by Gasteiger charge is -2.12. The Bertz CT molecular complexity index is 1370. The van der Waals surface area contributed by atoms with E-state index in [9.17, 15) is 4.79 Å². The predicted octanol–water partition coefficient (Wildman–Crippen LogP) is 7.86. The molecule has 0 aliphatic rings. The molecule has 0 atom stereocenters. The Balaban J connectivity index is 1.72. The van der Waals surface area contributed by atoms with Gasteiger partial charge in [0.15, 0.2) is 0 Å². The Morgan fingerprint density at radius 3 is 2.47 bits per heavy atom. The summed E-state index contributed by atoms with van der Waals surface area (Å²) < 4.78 is 17.0. The molecule has 1 aromatic heterocycles. The summed E-state index contributed by atoms with van der Waals surface area (Å²) >= 11 is 12.1. The molecular formula is C27H23Cl2NO4. The molecule has 0 aliphatic heterocycles. The molecule has 5 nitrogen and oxygen atoms in total. The topological polar surface area (TPSA) is 60.7 Å². The fraction of sp³-hybridized carbons (Fsp3) is 0.148. The molecule has 1 amide bonds. The Morgan fingerprint density at radius 2 is 1.76 bits per heavy atom. The number of nitrogens with one attached hydrogen (secondary N) is 1. The minimum absolute atomic E-state index is 0.314. The summed E-state index contributed by atoms with van der Waals surface area (Å²) in [4.78, 5) is 12.8. The smallest absolute Gasteiger partial charge is 0.248 e. The summed E-state index contributed by atoms with van der Waals surface area (Å²) in [5.74, 6) is 0.839. The molecule has 1 heterocycles. The largest absolute Gasteiger partial charge is 0.495 e. The summed E-state index contributed by atoms with van der Waals surface area (Å²) in [6.07, 6.45) is 3.23. The van der Waals surface area contributed by atoms with Crippen LogP contribution < -0.4 is 14.8 Å². The van der Waals surface area contributed by atoms with E-state index < -0.39 is 0 Å². The van der Waals surface area contributed by atoms with Crippen molar-refractivity contribution in [3.8, 4) is 22.6 Å². The Labute approximate surface area is 207 Å². The van der Waals surface area contributed by atoms with Gasteiger partial charge in [0.05, 0.1) is 25.7 Å². The van der Waals surface area contributed by atoms with Crippen molar-refractivity contribution >= 4 is 51.3 Å². The number of methoxy groups -OCH3 is 1. The predicted molar refractivity (Wildman–Crippen MR) is 138 cm³/mol. The lowest BCUT2D eigenvalue weighted by Crippen LogP contribution is -2.10. The Hall–Kier alpha value is -3.41. The highest BCUT2D eigenvalue weighted by molar-refractivity contribution is 6.31. The lowest BCUT2D eigenvalue weighted by atomic mass is 9.99. The molecule has 1 N–H and O–H groups in total. The minimum atomic E-state index is -0.314. The number of furan rings is 1. The molecule has 0 bridgehead atoms. The fourth-order valence-electron chi connectivity index (χ4n) is 3.71. The average Bonchev–Trinajstić information content (AvgIpc) is 3.22. The quantitative estimate of drug-likeness (QED) is 0.265. The van der Waals surface area contributed by atoms with Crippen LogP contribution >= 0.6 is 23.2 Å². The van der Waals surface area contributed by atoms with Gasteiger partial charge in [-0.3, -0.25) is 4.79 Å². The number of ether oxygens (including phenoxy) is 2. The molecule has 174 valence electrons. The van der Waals surface area contributed by atoms with Crippen molar-refractivity contribution in [2.24, 2.45) is 0 Å². The first-order valence-electron chi connectivity index (χ1n) is 10.7. The van der Waals surface area contributed by atoms with Crippen molar-refractivity contribution in [3.63, 3.8) is 0 Å². The number of carbonyl (C=O) groups is 1. The maximum absolute atomic E-state index is 12.8. The number of fused-ring (bicyclic) bond motifs is 1. The van der Waals surface area contributed by atoms with Crippen molar-refractivity contribution in [1.82, 2.24) is 0 Å². The highest BCUT2D eigenvalue weighted by Crippen LogP contribution is 2.38. The van der Waals surface area contributed by atoms with E-state index in [1.165, 1.54) is 13.2 Å². The van der Waals surface area contributed by atoms with Gasteiger partial charge >= 0.3 is 0 Å². The lowest BCUT2D eigenvalue weighted by molar-refractivity contribution is -0.111. The molecule has 7 heteroatoms. The summed E-state index contributed by atoms with van der Waals surface area (Å²) in [6, 6.07) is 16.4. The molecule has 34 heavy (non-hydrogen) atoms. The second kappa shape index (κ2) is 10.2. The molecular weight excluding hydrogens is 473 g/mol. The van der Waals surface area contributed by atoms with Crippen molar-refractivity contribution in [2.45, 2.75) is 13.8 Å². The van der Waals surface area contributed by atoms with Gasteiger partial charge in [-0.25, -0.2) is 0 Å². The molecule has 0 unspecified atom stereocenters. The molecule has 0 aliphatic carbocycles. The van der Waals surface area contributed by atoms with Crippen LogP contribution in [-0.4, -0.2) is 19.6 Å². The Morgan fingerprint density at radius 1 is 1.03 bits per heavy atom. The first-order chi connectivity index (χ1) is 16.4. The normalized spacial score (nSPS) is 11.5. The minimum Gasteiger partial charge on any atom is -0.495 e. The van der Waals surface area contributed by atoms with Gasteiger partial charge in [0.1, 0.15) is 17.1 Å². The van der Waals surface area contributed by atoms with Crippen molar-refractivity contribution in [3.05, 3.63) is 82.5 Å². The monoisotopic (exact) mass is 495 g/mol. The molecule has 0 saturated heterocycles. The molecule has 0 radical (unpaired) electrons. The van der Waals surface area contributed by atoms with Gasteiger partial charge in [0.2, 0.25) is 5.91 Å². The maximum Gasteiger partial charge on any atom is 0.248 e. The standard InChI is InChI=1S/C27H23Cl2NO4/c1-4-33-25-14-26-21(22(15-34-26)17-5-7-18(28)8-6-17)13-20(25)16(2)11-27(31)30-23-12-19(29)9-10-24(23)32-3/h5-15H,4H2,1-3H3,(H,30,31)/b16-11+. The van der Waals surface area contributed by atoms with E-state index >= 15 is 0 Å². The molecule has 4 rings (SSSR count). The summed E-state index contributed by atoms with van der Waals surface area (Å²) in [5.41, 5.74) is 4.61. The molecule has 3 aromatic carbocycles. The fourth-order valence-corrected chi connectivity index (χ4v) is 4.01. The number of halogens is 2. The van der Waals surface area contributed by atoms with E-state index in [0.717, 1.165) is 27.6 Å². The third-order valence-corrected chi connectivity index (χ3v) is 5.81. The Kier molecular flexibility index (Phi) is 7.15. The van der Waals surface area contributed by atoms with Crippen LogP contribution in [0.15, 0.2) is 71.4 Å². The zero-order valence-electron chi connectivity index (χ0n) is 18.9. The highest BCUT2D eigenvalue weighted by Gasteiger charge is 2.16. The van der Waals surface area contributed by atoms with E-state index in [2.05, 4.69) is 5.32 Å². The highest BCUT2D eigenvalue weighted by atomic mass is 35.5. The molecule has 0 saturated carbocycles. The number of benzene rings is 3. The van der Waals surface area contributed by atoms with Crippen molar-refractivity contribution in [2.75, 3.05) is 19.0 Å². The third-order valence-electron chi connectivity index (χ3n) is 5.32. The van der Waals surface area contributed by atoms with Gasteiger partial charge in [0.25, 0.3) is 0 Å².